The summed E-state index contributed by atoms with van der Waals surface area (Å²) < 4.78 is 42.7. The Morgan fingerprint density at radius 3 is 2.47 bits per heavy atom. The molecule has 0 spiro atoms. The van der Waals surface area contributed by atoms with E-state index in [-0.39, 0.29) is 30.5 Å². The lowest BCUT2D eigenvalue weighted by molar-refractivity contribution is -0.192. The number of fused-ring (bicyclic) bond motifs is 2. The largest absolute Gasteiger partial charge is 0.490 e. The molecule has 10 nitrogen and oxygen atoms in total. The highest BCUT2D eigenvalue weighted by Gasteiger charge is 2.38. The fourth-order valence-corrected chi connectivity index (χ4v) is 5.61. The van der Waals surface area contributed by atoms with Crippen molar-refractivity contribution in [3.63, 3.8) is 0 Å². The number of aliphatic carboxylic acids is 1. The molecule has 0 saturated carbocycles. The van der Waals surface area contributed by atoms with Crippen LogP contribution in [0.1, 0.15) is 51.8 Å². The minimum Gasteiger partial charge on any atom is -0.475 e. The maximum absolute atomic E-state index is 13.7. The third kappa shape index (κ3) is 8.68. The predicted molar refractivity (Wildman–Crippen MR) is 174 cm³/mol. The second-order valence-corrected chi connectivity index (χ2v) is 11.4. The second-order valence-electron chi connectivity index (χ2n) is 11.4. The van der Waals surface area contributed by atoms with E-state index in [1.165, 1.54) is 7.11 Å². The third-order valence-corrected chi connectivity index (χ3v) is 8.12. The topological polar surface area (TPSA) is 144 Å². The van der Waals surface area contributed by atoms with Gasteiger partial charge in [-0.15, -0.1) is 0 Å². The summed E-state index contributed by atoms with van der Waals surface area (Å²) in [4.78, 5) is 43.6. The molecule has 1 aliphatic rings. The number of pyridine rings is 1. The van der Waals surface area contributed by atoms with Crippen molar-refractivity contribution >= 4 is 40.5 Å². The second kappa shape index (κ2) is 15.1. The number of methoxy groups -OCH3 is 1. The Bertz CT molecular complexity index is 1960. The van der Waals surface area contributed by atoms with Gasteiger partial charge in [0.2, 0.25) is 0 Å². The molecule has 13 heteroatoms. The van der Waals surface area contributed by atoms with Gasteiger partial charge in [-0.2, -0.15) is 18.2 Å². The lowest BCUT2D eigenvalue weighted by Gasteiger charge is -2.28. The van der Waals surface area contributed by atoms with Crippen LogP contribution in [0.25, 0.3) is 11.1 Å². The number of carboxylic acids is 1. The van der Waals surface area contributed by atoms with Crippen molar-refractivity contribution in [2.75, 3.05) is 19.0 Å². The maximum Gasteiger partial charge on any atom is 0.490 e. The zero-order valence-corrected chi connectivity index (χ0v) is 26.6. The fourth-order valence-electron chi connectivity index (χ4n) is 5.61. The van der Waals surface area contributed by atoms with Gasteiger partial charge in [0.25, 0.3) is 6.01 Å². The van der Waals surface area contributed by atoms with E-state index >= 15 is 0 Å². The Labute approximate surface area is 279 Å². The van der Waals surface area contributed by atoms with E-state index in [0.29, 0.717) is 18.1 Å². The van der Waals surface area contributed by atoms with Crippen molar-refractivity contribution in [3.05, 3.63) is 119 Å². The number of para-hydroxylation sites is 1. The number of halogens is 3. The van der Waals surface area contributed by atoms with Crippen molar-refractivity contribution in [1.29, 1.82) is 0 Å². The van der Waals surface area contributed by atoms with Gasteiger partial charge in [0, 0.05) is 37.0 Å². The molecule has 1 aliphatic heterocycles. The Morgan fingerprint density at radius 1 is 1.04 bits per heavy atom. The minimum atomic E-state index is -5.08. The van der Waals surface area contributed by atoms with Gasteiger partial charge >= 0.3 is 18.1 Å². The van der Waals surface area contributed by atoms with Gasteiger partial charge in [0.05, 0.1) is 19.6 Å². The molecule has 3 heterocycles. The minimum absolute atomic E-state index is 0.0682. The number of ether oxygens (including phenoxy) is 1. The van der Waals surface area contributed by atoms with E-state index in [4.69, 9.17) is 19.1 Å². The number of Topliss-reactive ketones (excluding diaryl/α,β-unsaturated/α-hetero) is 1. The number of alkyl halides is 3. The molecule has 0 amide bonds. The summed E-state index contributed by atoms with van der Waals surface area (Å²) in [6.45, 7) is 2.74. The van der Waals surface area contributed by atoms with E-state index in [0.717, 1.165) is 51.0 Å². The highest BCUT2D eigenvalue weighted by Crippen LogP contribution is 2.34. The molecule has 0 fully saturated rings. The van der Waals surface area contributed by atoms with Crippen LogP contribution in [0, 0.1) is 6.92 Å². The monoisotopic (exact) mass is 674 g/mol. The normalized spacial score (nSPS) is 14.6. The maximum atomic E-state index is 13.7. The number of hydrogen-bond acceptors (Lipinski definition) is 9. The van der Waals surface area contributed by atoms with E-state index in [9.17, 15) is 22.8 Å². The number of oxazole rings is 1. The number of aryl methyl sites for hydroxylation is 1. The number of rotatable bonds is 9. The Hall–Kier alpha value is -5.56. The number of nitrogens with zero attached hydrogens (tertiary/aromatic N) is 2. The first-order valence-corrected chi connectivity index (χ1v) is 15.3. The Morgan fingerprint density at radius 2 is 1.78 bits per heavy atom. The number of carbonyl (C=O) groups is 3. The first kappa shape index (κ1) is 34.8. The van der Waals surface area contributed by atoms with Crippen molar-refractivity contribution < 1.29 is 41.8 Å². The van der Waals surface area contributed by atoms with Crippen LogP contribution in [0.2, 0.25) is 0 Å². The number of carbonyl (C=O) groups excluding carboxylic acids is 2. The molecule has 6 rings (SSSR count). The number of ketones is 1. The summed E-state index contributed by atoms with van der Waals surface area (Å²) in [5.74, 6) is -3.19. The molecule has 3 aromatic carbocycles. The van der Waals surface area contributed by atoms with Gasteiger partial charge < -0.3 is 24.9 Å². The molecule has 0 aliphatic carbocycles. The number of anilines is 2. The van der Waals surface area contributed by atoms with Crippen LogP contribution in [0.15, 0.2) is 89.6 Å². The Balaban J connectivity index is 0.000000606. The molecule has 2 unspecified atom stereocenters. The van der Waals surface area contributed by atoms with Crippen molar-refractivity contribution in [3.8, 4) is 0 Å². The summed E-state index contributed by atoms with van der Waals surface area (Å²) in [7, 11) is 1.40. The van der Waals surface area contributed by atoms with Crippen LogP contribution in [0.3, 0.4) is 0 Å². The molecular weight excluding hydrogens is 641 g/mol. The summed E-state index contributed by atoms with van der Waals surface area (Å²) in [6, 6.07) is 23.6. The summed E-state index contributed by atoms with van der Waals surface area (Å²) >= 11 is 0. The quantitative estimate of drug-likeness (QED) is 0.146. The molecule has 5 aromatic rings. The van der Waals surface area contributed by atoms with Crippen LogP contribution in [0.5, 0.6) is 0 Å². The van der Waals surface area contributed by atoms with Crippen molar-refractivity contribution in [1.82, 2.24) is 15.3 Å². The summed E-state index contributed by atoms with van der Waals surface area (Å²) in [5.41, 5.74) is 8.25. The predicted octanol–water partition coefficient (Wildman–Crippen LogP) is 6.60. The van der Waals surface area contributed by atoms with E-state index in [1.807, 2.05) is 61.5 Å². The average Bonchev–Trinajstić information content (AvgIpc) is 3.49. The standard InChI is InChI=1S/C34H32N4O4.C2HF3O2/c1-21-5-3-4-6-28(21)37-34-38-29-10-7-22(18-31(29)42-34)17-30(39)33-27-19-25(9-8-23(27)13-16-36-33)26(20-32(40)41-2)24-11-14-35-15-12-24;3-2(4,5)1(6)7/h3-12,14-15,18-19,26,33,36H,13,16-17,20H2,1-2H3,(H,37,38);(H,6,7). The van der Waals surface area contributed by atoms with Gasteiger partial charge in [0.1, 0.15) is 5.52 Å². The SMILES string of the molecule is COC(=O)CC(c1ccncc1)c1ccc2c(c1)C(C(=O)Cc1ccc3nc(Nc4ccccc4C)oc3c1)NCC2.O=C(O)C(F)(F)F. The van der Waals surface area contributed by atoms with Crippen LogP contribution >= 0.6 is 0 Å². The van der Waals surface area contributed by atoms with Gasteiger partial charge in [-0.25, -0.2) is 4.79 Å². The lowest BCUT2D eigenvalue weighted by atomic mass is 9.83. The number of nitrogens with one attached hydrogen (secondary N) is 2. The van der Waals surface area contributed by atoms with E-state index in [2.05, 4.69) is 38.8 Å². The highest BCUT2D eigenvalue weighted by molar-refractivity contribution is 5.89. The molecule has 0 bridgehead atoms. The number of hydrogen-bond donors (Lipinski definition) is 3. The van der Waals surface area contributed by atoms with Gasteiger partial charge in [-0.1, -0.05) is 42.5 Å². The van der Waals surface area contributed by atoms with Crippen molar-refractivity contribution in [2.45, 2.75) is 44.3 Å². The molecule has 2 aromatic heterocycles. The number of carboxylic acid groups (broad SMARTS) is 1. The smallest absolute Gasteiger partial charge is 0.475 e. The zero-order chi connectivity index (χ0) is 35.1. The molecular formula is C36H33F3N4O6. The molecule has 0 radical (unpaired) electrons. The number of aromatic nitrogens is 2. The van der Waals surface area contributed by atoms with Crippen LogP contribution in [-0.4, -0.2) is 52.6 Å². The number of esters is 1. The van der Waals surface area contributed by atoms with Crippen molar-refractivity contribution in [2.24, 2.45) is 0 Å². The van der Waals surface area contributed by atoms with E-state index in [1.54, 1.807) is 12.4 Å². The van der Waals surface area contributed by atoms with Gasteiger partial charge in [-0.3, -0.25) is 14.6 Å². The van der Waals surface area contributed by atoms with Crippen LogP contribution in [-0.2, 0) is 32.0 Å². The number of benzene rings is 3. The summed E-state index contributed by atoms with van der Waals surface area (Å²) in [6.07, 6.45) is -0.368. The summed E-state index contributed by atoms with van der Waals surface area (Å²) in [5, 5.41) is 13.8. The zero-order valence-electron chi connectivity index (χ0n) is 26.6. The average molecular weight is 675 g/mol. The van der Waals surface area contributed by atoms with Crippen LogP contribution < -0.4 is 10.6 Å². The van der Waals surface area contributed by atoms with Gasteiger partial charge in [-0.05, 0) is 77.1 Å². The first-order chi connectivity index (χ1) is 23.4. The van der Waals surface area contributed by atoms with E-state index < -0.39 is 18.2 Å². The molecule has 49 heavy (non-hydrogen) atoms. The molecule has 0 saturated heterocycles. The Kier molecular flexibility index (Phi) is 10.7. The molecule has 254 valence electrons. The lowest BCUT2D eigenvalue weighted by Crippen LogP contribution is -2.36. The molecule has 3 N–H and O–H groups in total. The van der Waals surface area contributed by atoms with Crippen LogP contribution in [0.4, 0.5) is 24.9 Å². The third-order valence-electron chi connectivity index (χ3n) is 8.12. The molecule has 2 atom stereocenters. The van der Waals surface area contributed by atoms with Gasteiger partial charge in [0.15, 0.2) is 11.4 Å². The highest BCUT2D eigenvalue weighted by atomic mass is 19.4. The first-order valence-electron chi connectivity index (χ1n) is 15.3. The fraction of sp³-hybridized carbons (Fsp3) is 0.250.